The third-order valence-corrected chi connectivity index (χ3v) is 5.38. The number of allylic oxidation sites excluding steroid dienone is 5. The summed E-state index contributed by atoms with van der Waals surface area (Å²) >= 11 is 0. The van der Waals surface area contributed by atoms with Crippen molar-refractivity contribution in [1.29, 1.82) is 5.41 Å². The third-order valence-electron chi connectivity index (χ3n) is 5.38. The maximum atomic E-state index is 11.9. The van der Waals surface area contributed by atoms with E-state index in [1.807, 2.05) is 42.5 Å². The number of nitrogens with one attached hydrogen (secondary N) is 1. The lowest BCUT2D eigenvalue weighted by atomic mass is 9.64. The van der Waals surface area contributed by atoms with Crippen LogP contribution in [0.5, 0.6) is 0 Å². The molecule has 0 fully saturated rings. The Balaban J connectivity index is 2.15. The number of rotatable bonds is 2. The van der Waals surface area contributed by atoms with E-state index in [9.17, 15) is 9.90 Å². The van der Waals surface area contributed by atoms with Gasteiger partial charge in [-0.05, 0) is 63.8 Å². The van der Waals surface area contributed by atoms with Crippen LogP contribution in [-0.2, 0) is 5.41 Å². The van der Waals surface area contributed by atoms with Crippen molar-refractivity contribution in [2.75, 3.05) is 5.73 Å². The van der Waals surface area contributed by atoms with Crippen LogP contribution in [0.4, 0.5) is 5.69 Å². The van der Waals surface area contributed by atoms with Crippen LogP contribution in [0, 0.1) is 5.41 Å². The van der Waals surface area contributed by atoms with Crippen molar-refractivity contribution in [3.05, 3.63) is 94.1 Å². The van der Waals surface area contributed by atoms with Gasteiger partial charge in [-0.2, -0.15) is 0 Å². The first-order valence-electron chi connectivity index (χ1n) is 8.77. The topological polar surface area (TPSA) is 87.2 Å². The quantitative estimate of drug-likeness (QED) is 0.689. The third kappa shape index (κ3) is 2.53. The first-order chi connectivity index (χ1) is 12.8. The number of hydrogen-bond donors (Lipinski definition) is 3. The maximum absolute atomic E-state index is 11.9. The van der Waals surface area contributed by atoms with Crippen LogP contribution in [-0.4, -0.2) is 16.8 Å². The maximum Gasteiger partial charge on any atom is 0.336 e. The lowest BCUT2D eigenvalue weighted by Gasteiger charge is -2.39. The first kappa shape index (κ1) is 17.0. The smallest absolute Gasteiger partial charge is 0.336 e. The van der Waals surface area contributed by atoms with E-state index in [1.165, 1.54) is 0 Å². The van der Waals surface area contributed by atoms with E-state index in [0.29, 0.717) is 17.0 Å². The zero-order chi connectivity index (χ0) is 19.3. The Bertz CT molecular complexity index is 1100. The highest BCUT2D eigenvalue weighted by Gasteiger charge is 2.38. The number of carboxylic acid groups (broad SMARTS) is 1. The van der Waals surface area contributed by atoms with Crippen molar-refractivity contribution < 1.29 is 9.90 Å². The number of aromatic carboxylic acids is 1. The molecular formula is C23H20N2O2. The molecule has 0 heterocycles. The standard InChI is InChI=1S/C23H20N2O2/c1-23(2)19-11-13(24)7-9-17(19)21(18-10-8-14(25)12-20(18)23)15-5-3-4-6-16(15)22(26)27/h3-12,24H,25H2,1-2H3,(H,26,27). The Morgan fingerprint density at radius 1 is 1.07 bits per heavy atom. The minimum absolute atomic E-state index is 0.260. The second-order valence-electron chi connectivity index (χ2n) is 7.42. The Kier molecular flexibility index (Phi) is 3.67. The van der Waals surface area contributed by atoms with Gasteiger partial charge in [-0.3, -0.25) is 0 Å². The van der Waals surface area contributed by atoms with E-state index in [2.05, 4.69) is 13.8 Å². The predicted octanol–water partition coefficient (Wildman–Crippen LogP) is 4.58. The van der Waals surface area contributed by atoms with Crippen molar-refractivity contribution in [3.8, 4) is 0 Å². The molecule has 2 aromatic rings. The largest absolute Gasteiger partial charge is 0.478 e. The second-order valence-corrected chi connectivity index (χ2v) is 7.42. The average Bonchev–Trinajstić information content (AvgIpc) is 2.63. The molecule has 4 rings (SSSR count). The van der Waals surface area contributed by atoms with Gasteiger partial charge in [-0.15, -0.1) is 0 Å². The average molecular weight is 356 g/mol. The van der Waals surface area contributed by atoms with Gasteiger partial charge in [0.25, 0.3) is 0 Å². The number of nitrogen functional groups attached to an aromatic ring is 1. The molecular weight excluding hydrogens is 336 g/mol. The molecule has 4 N–H and O–H groups in total. The molecule has 2 aliphatic carbocycles. The zero-order valence-electron chi connectivity index (χ0n) is 15.2. The van der Waals surface area contributed by atoms with Crippen molar-refractivity contribution in [2.45, 2.75) is 19.3 Å². The van der Waals surface area contributed by atoms with Crippen LogP contribution in [0.2, 0.25) is 0 Å². The Morgan fingerprint density at radius 2 is 1.81 bits per heavy atom. The molecule has 134 valence electrons. The number of hydrogen-bond acceptors (Lipinski definition) is 3. The molecule has 0 radical (unpaired) electrons. The van der Waals surface area contributed by atoms with Crippen LogP contribution in [0.15, 0.2) is 71.8 Å². The normalized spacial score (nSPS) is 17.3. The highest BCUT2D eigenvalue weighted by atomic mass is 16.4. The Labute approximate surface area is 157 Å². The Hall–Kier alpha value is -3.40. The van der Waals surface area contributed by atoms with Crippen molar-refractivity contribution in [3.63, 3.8) is 0 Å². The van der Waals surface area contributed by atoms with Gasteiger partial charge in [0, 0.05) is 11.1 Å². The highest BCUT2D eigenvalue weighted by Crippen LogP contribution is 2.50. The number of carboxylic acids is 1. The van der Waals surface area contributed by atoms with Crippen LogP contribution >= 0.6 is 0 Å². The molecule has 0 unspecified atom stereocenters. The van der Waals surface area contributed by atoms with Gasteiger partial charge in [0.05, 0.1) is 11.3 Å². The summed E-state index contributed by atoms with van der Waals surface area (Å²) in [6, 6.07) is 12.8. The monoisotopic (exact) mass is 356 g/mol. The van der Waals surface area contributed by atoms with Crippen molar-refractivity contribution in [2.24, 2.45) is 0 Å². The van der Waals surface area contributed by atoms with Gasteiger partial charge in [0.2, 0.25) is 0 Å². The fraction of sp³-hybridized carbons (Fsp3) is 0.130. The lowest BCUT2D eigenvalue weighted by molar-refractivity contribution is 0.0696. The number of benzene rings is 2. The molecule has 2 aliphatic rings. The SMILES string of the molecule is CC1(C)C2=CC(=N)C=CC2=C(c2ccccc2C(=O)O)c2ccc(N)cc21. The van der Waals surface area contributed by atoms with Gasteiger partial charge in [-0.25, -0.2) is 4.79 Å². The molecule has 0 aromatic heterocycles. The minimum Gasteiger partial charge on any atom is -0.478 e. The van der Waals surface area contributed by atoms with Gasteiger partial charge < -0.3 is 16.2 Å². The summed E-state index contributed by atoms with van der Waals surface area (Å²) in [5, 5.41) is 17.8. The summed E-state index contributed by atoms with van der Waals surface area (Å²) in [6.07, 6.45) is 5.54. The molecule has 4 heteroatoms. The molecule has 0 spiro atoms. The summed E-state index contributed by atoms with van der Waals surface area (Å²) in [5.41, 5.74) is 12.6. The summed E-state index contributed by atoms with van der Waals surface area (Å²) < 4.78 is 0. The fourth-order valence-corrected chi connectivity index (χ4v) is 4.04. The van der Waals surface area contributed by atoms with E-state index >= 15 is 0 Å². The fourth-order valence-electron chi connectivity index (χ4n) is 4.04. The number of carbonyl (C=O) groups is 1. The summed E-state index contributed by atoms with van der Waals surface area (Å²) in [5.74, 6) is -0.960. The number of anilines is 1. The second kappa shape index (κ2) is 5.81. The number of fused-ring (bicyclic) bond motifs is 2. The zero-order valence-corrected chi connectivity index (χ0v) is 15.2. The van der Waals surface area contributed by atoms with E-state index in [0.717, 1.165) is 27.8 Å². The number of nitrogens with two attached hydrogens (primary N) is 1. The molecule has 2 aromatic carbocycles. The van der Waals surface area contributed by atoms with Crippen molar-refractivity contribution in [1.82, 2.24) is 0 Å². The molecule has 0 bridgehead atoms. The van der Waals surface area contributed by atoms with Gasteiger partial charge >= 0.3 is 5.97 Å². The molecule has 0 atom stereocenters. The van der Waals surface area contributed by atoms with E-state index in [-0.39, 0.29) is 11.0 Å². The summed E-state index contributed by atoms with van der Waals surface area (Å²) in [4.78, 5) is 11.9. The van der Waals surface area contributed by atoms with Crippen LogP contribution in [0.25, 0.3) is 5.57 Å². The molecule has 0 saturated heterocycles. The molecule has 0 amide bonds. The first-order valence-corrected chi connectivity index (χ1v) is 8.77. The van der Waals surface area contributed by atoms with Crippen LogP contribution < -0.4 is 5.73 Å². The lowest BCUT2D eigenvalue weighted by Crippen LogP contribution is -2.29. The van der Waals surface area contributed by atoms with Gasteiger partial charge in [0.15, 0.2) is 0 Å². The van der Waals surface area contributed by atoms with Crippen LogP contribution in [0.1, 0.15) is 40.9 Å². The van der Waals surface area contributed by atoms with E-state index < -0.39 is 5.97 Å². The minimum atomic E-state index is -0.960. The Morgan fingerprint density at radius 3 is 2.56 bits per heavy atom. The van der Waals surface area contributed by atoms with Gasteiger partial charge in [0.1, 0.15) is 0 Å². The predicted molar refractivity (Wildman–Crippen MR) is 108 cm³/mol. The summed E-state index contributed by atoms with van der Waals surface area (Å²) in [7, 11) is 0. The molecule has 27 heavy (non-hydrogen) atoms. The summed E-state index contributed by atoms with van der Waals surface area (Å²) in [6.45, 7) is 4.23. The molecule has 0 aliphatic heterocycles. The molecule has 0 saturated carbocycles. The highest BCUT2D eigenvalue weighted by molar-refractivity contribution is 6.08. The van der Waals surface area contributed by atoms with Gasteiger partial charge in [-0.1, -0.05) is 44.2 Å². The van der Waals surface area contributed by atoms with Crippen molar-refractivity contribution >= 4 is 22.9 Å². The van der Waals surface area contributed by atoms with E-state index in [4.69, 9.17) is 11.1 Å². The van der Waals surface area contributed by atoms with E-state index in [1.54, 1.807) is 18.2 Å². The van der Waals surface area contributed by atoms with Crippen LogP contribution in [0.3, 0.4) is 0 Å². The molecule has 4 nitrogen and oxygen atoms in total.